The average molecular weight is 558 g/mol. The number of nitrogens with one attached hydrogen (secondary N) is 2. The Morgan fingerprint density at radius 3 is 2.80 bits per heavy atom. The second kappa shape index (κ2) is 10.6. The van der Waals surface area contributed by atoms with Crippen molar-refractivity contribution in [3.8, 4) is 22.6 Å². The molecule has 4 aromatic heterocycles. The van der Waals surface area contributed by atoms with Crippen molar-refractivity contribution in [2.45, 2.75) is 13.0 Å². The number of fused-ring (bicyclic) bond motifs is 2. The SMILES string of the molecule is CN1CCc2ccc(Nc3nccc(-c4c(-c5cccc(NC(=O)c6ccsc6)c5)nc5ccccn45)n3)cc2C1. The lowest BCUT2D eigenvalue weighted by Gasteiger charge is -2.25. The molecular weight excluding hydrogens is 530 g/mol. The summed E-state index contributed by atoms with van der Waals surface area (Å²) in [5.74, 6) is 0.374. The van der Waals surface area contributed by atoms with Gasteiger partial charge < -0.3 is 15.5 Å². The molecule has 0 radical (unpaired) electrons. The van der Waals surface area contributed by atoms with Gasteiger partial charge in [0.2, 0.25) is 5.95 Å². The minimum Gasteiger partial charge on any atom is -0.324 e. The molecule has 0 spiro atoms. The van der Waals surface area contributed by atoms with Crippen LogP contribution in [0.4, 0.5) is 17.3 Å². The first-order valence-electron chi connectivity index (χ1n) is 13.4. The van der Waals surface area contributed by atoms with Gasteiger partial charge in [-0.1, -0.05) is 24.3 Å². The predicted octanol–water partition coefficient (Wildman–Crippen LogP) is 6.50. The lowest BCUT2D eigenvalue weighted by atomic mass is 9.99. The zero-order chi connectivity index (χ0) is 27.8. The van der Waals surface area contributed by atoms with Gasteiger partial charge in [-0.3, -0.25) is 9.20 Å². The largest absolute Gasteiger partial charge is 0.324 e. The average Bonchev–Trinajstić information content (AvgIpc) is 3.66. The van der Waals surface area contributed by atoms with Crippen molar-refractivity contribution in [2.24, 2.45) is 0 Å². The van der Waals surface area contributed by atoms with Gasteiger partial charge in [-0.15, -0.1) is 0 Å². The van der Waals surface area contributed by atoms with E-state index in [0.29, 0.717) is 17.2 Å². The van der Waals surface area contributed by atoms with Gasteiger partial charge in [0.15, 0.2) is 0 Å². The molecule has 0 saturated carbocycles. The summed E-state index contributed by atoms with van der Waals surface area (Å²) in [6.45, 7) is 2.01. The van der Waals surface area contributed by atoms with Gasteiger partial charge in [-0.05, 0) is 78.5 Å². The monoisotopic (exact) mass is 557 g/mol. The molecule has 1 aliphatic heterocycles. The Kier molecular flexibility index (Phi) is 6.50. The van der Waals surface area contributed by atoms with E-state index in [1.165, 1.54) is 22.5 Å². The van der Waals surface area contributed by atoms with Crippen LogP contribution in [0.1, 0.15) is 21.5 Å². The quantitative estimate of drug-likeness (QED) is 0.243. The molecular formula is C32H27N7OS. The lowest BCUT2D eigenvalue weighted by molar-refractivity contribution is 0.102. The number of nitrogens with zero attached hydrogens (tertiary/aromatic N) is 5. The van der Waals surface area contributed by atoms with Crippen molar-refractivity contribution in [2.75, 3.05) is 24.2 Å². The fourth-order valence-corrected chi connectivity index (χ4v) is 5.87. The number of imidazole rings is 1. The maximum absolute atomic E-state index is 12.7. The Labute approximate surface area is 241 Å². The number of benzene rings is 2. The summed E-state index contributed by atoms with van der Waals surface area (Å²) < 4.78 is 2.03. The first kappa shape index (κ1) is 25.1. The van der Waals surface area contributed by atoms with E-state index in [9.17, 15) is 4.79 Å². The number of carbonyl (C=O) groups excluding carboxylic acids is 1. The maximum Gasteiger partial charge on any atom is 0.256 e. The molecule has 1 aliphatic rings. The van der Waals surface area contributed by atoms with Crippen molar-refractivity contribution in [1.29, 1.82) is 0 Å². The molecule has 7 rings (SSSR count). The molecule has 0 unspecified atom stereocenters. The highest BCUT2D eigenvalue weighted by molar-refractivity contribution is 7.08. The first-order valence-corrected chi connectivity index (χ1v) is 14.4. The summed E-state index contributed by atoms with van der Waals surface area (Å²) in [6.07, 6.45) is 4.81. The van der Waals surface area contributed by atoms with E-state index in [4.69, 9.17) is 9.97 Å². The van der Waals surface area contributed by atoms with Crippen molar-refractivity contribution < 1.29 is 4.79 Å². The van der Waals surface area contributed by atoms with Crippen LogP contribution < -0.4 is 10.6 Å². The molecule has 6 aromatic rings. The van der Waals surface area contributed by atoms with Crippen molar-refractivity contribution >= 4 is 40.2 Å². The van der Waals surface area contributed by atoms with Crippen molar-refractivity contribution in [3.05, 3.63) is 113 Å². The summed E-state index contributed by atoms with van der Waals surface area (Å²) in [5, 5.41) is 10.1. The molecule has 1 amide bonds. The van der Waals surface area contributed by atoms with Crippen LogP contribution in [0.25, 0.3) is 28.3 Å². The van der Waals surface area contributed by atoms with Gasteiger partial charge in [-0.25, -0.2) is 15.0 Å². The molecule has 9 heteroatoms. The highest BCUT2D eigenvalue weighted by atomic mass is 32.1. The zero-order valence-corrected chi connectivity index (χ0v) is 23.2. The Morgan fingerprint density at radius 1 is 0.951 bits per heavy atom. The van der Waals surface area contributed by atoms with Crippen LogP contribution in [-0.2, 0) is 13.0 Å². The number of likely N-dealkylation sites (N-methyl/N-ethyl adjacent to an activating group) is 1. The van der Waals surface area contributed by atoms with E-state index in [1.807, 2.05) is 76.0 Å². The molecule has 2 N–H and O–H groups in total. The third-order valence-electron chi connectivity index (χ3n) is 7.27. The van der Waals surface area contributed by atoms with Crippen molar-refractivity contribution in [3.63, 3.8) is 0 Å². The molecule has 0 fully saturated rings. The van der Waals surface area contributed by atoms with Crippen LogP contribution >= 0.6 is 11.3 Å². The van der Waals surface area contributed by atoms with Crippen LogP contribution in [0.2, 0.25) is 0 Å². The van der Waals surface area contributed by atoms with Crippen LogP contribution in [0.5, 0.6) is 0 Å². The molecule has 8 nitrogen and oxygen atoms in total. The van der Waals surface area contributed by atoms with Crippen LogP contribution in [-0.4, -0.2) is 43.8 Å². The Hall–Kier alpha value is -4.86. The van der Waals surface area contributed by atoms with E-state index in [2.05, 4.69) is 45.8 Å². The second-order valence-electron chi connectivity index (χ2n) is 10.1. The van der Waals surface area contributed by atoms with Crippen LogP contribution in [0, 0.1) is 0 Å². The van der Waals surface area contributed by atoms with E-state index in [1.54, 1.807) is 6.20 Å². The molecule has 0 atom stereocenters. The smallest absolute Gasteiger partial charge is 0.256 e. The number of rotatable bonds is 6. The number of pyridine rings is 1. The highest BCUT2D eigenvalue weighted by Crippen LogP contribution is 2.34. The maximum atomic E-state index is 12.7. The van der Waals surface area contributed by atoms with Gasteiger partial charge in [0.1, 0.15) is 5.65 Å². The summed E-state index contributed by atoms with van der Waals surface area (Å²) in [4.78, 5) is 29.4. The number of carbonyl (C=O) groups is 1. The minimum absolute atomic E-state index is 0.140. The number of hydrogen-bond donors (Lipinski definition) is 2. The number of anilines is 3. The van der Waals surface area contributed by atoms with E-state index < -0.39 is 0 Å². The molecule has 41 heavy (non-hydrogen) atoms. The van der Waals surface area contributed by atoms with Crippen LogP contribution in [0.15, 0.2) is 96.0 Å². The van der Waals surface area contributed by atoms with Crippen molar-refractivity contribution in [1.82, 2.24) is 24.3 Å². The van der Waals surface area contributed by atoms with Gasteiger partial charge in [0.05, 0.1) is 22.6 Å². The third kappa shape index (κ3) is 5.08. The second-order valence-corrected chi connectivity index (χ2v) is 10.9. The van der Waals surface area contributed by atoms with Crippen LogP contribution in [0.3, 0.4) is 0 Å². The fourth-order valence-electron chi connectivity index (χ4n) is 5.24. The normalized spacial score (nSPS) is 13.2. The van der Waals surface area contributed by atoms with Gasteiger partial charge in [-0.2, -0.15) is 11.3 Å². The molecule has 0 saturated heterocycles. The molecule has 5 heterocycles. The molecule has 0 bridgehead atoms. The number of amides is 1. The first-order chi connectivity index (χ1) is 20.1. The Bertz CT molecular complexity index is 1880. The van der Waals surface area contributed by atoms with Gasteiger partial charge in [0, 0.05) is 47.8 Å². The summed E-state index contributed by atoms with van der Waals surface area (Å²) in [6, 6.07) is 23.8. The highest BCUT2D eigenvalue weighted by Gasteiger charge is 2.19. The summed E-state index contributed by atoms with van der Waals surface area (Å²) in [7, 11) is 2.15. The fraction of sp³-hybridized carbons (Fsp3) is 0.125. The van der Waals surface area contributed by atoms with Gasteiger partial charge >= 0.3 is 0 Å². The number of aromatic nitrogens is 4. The summed E-state index contributed by atoms with van der Waals surface area (Å²) >= 11 is 1.50. The standard InChI is InChI=1S/C32H27N7OS/c1-38-15-11-21-8-9-26(18-24(21)19-38)35-32-33-13-10-27(36-32)30-29(37-28-7-2-3-14-39(28)30)22-5-4-6-25(17-22)34-31(40)23-12-16-41-20-23/h2-10,12-14,16-18,20H,11,15,19H2,1H3,(H,34,40)(H,33,35,36). The topological polar surface area (TPSA) is 87.5 Å². The zero-order valence-electron chi connectivity index (χ0n) is 22.4. The third-order valence-corrected chi connectivity index (χ3v) is 7.95. The lowest BCUT2D eigenvalue weighted by Crippen LogP contribution is -2.26. The summed E-state index contributed by atoms with van der Waals surface area (Å²) in [5.41, 5.74) is 9.05. The minimum atomic E-state index is -0.140. The number of hydrogen-bond acceptors (Lipinski definition) is 7. The van der Waals surface area contributed by atoms with Gasteiger partial charge in [0.25, 0.3) is 5.91 Å². The molecule has 0 aliphatic carbocycles. The molecule has 2 aromatic carbocycles. The van der Waals surface area contributed by atoms with E-state index in [-0.39, 0.29) is 5.91 Å². The number of thiophene rings is 1. The van der Waals surface area contributed by atoms with E-state index >= 15 is 0 Å². The molecule has 202 valence electrons. The Morgan fingerprint density at radius 2 is 1.90 bits per heavy atom. The van der Waals surface area contributed by atoms with E-state index in [0.717, 1.165) is 53.5 Å². The Balaban J connectivity index is 1.24. The predicted molar refractivity (Wildman–Crippen MR) is 164 cm³/mol.